The number of rotatable bonds is 6. The van der Waals surface area contributed by atoms with Gasteiger partial charge in [0.15, 0.2) is 0 Å². The lowest BCUT2D eigenvalue weighted by molar-refractivity contribution is -0.385. The molecule has 3 N–H and O–H groups in total. The van der Waals surface area contributed by atoms with Crippen LogP contribution in [0.3, 0.4) is 0 Å². The molecular weight excluding hydrogens is 274 g/mol. The van der Waals surface area contributed by atoms with E-state index in [0.29, 0.717) is 18.7 Å². The van der Waals surface area contributed by atoms with Crippen LogP contribution in [0.25, 0.3) is 0 Å². The molecule has 0 aliphatic carbocycles. The molecule has 1 aromatic carbocycles. The molecule has 0 spiro atoms. The summed E-state index contributed by atoms with van der Waals surface area (Å²) in [5.41, 5.74) is 1.34. The first kappa shape index (κ1) is 14.5. The van der Waals surface area contributed by atoms with Crippen molar-refractivity contribution in [3.05, 3.63) is 52.1 Å². The summed E-state index contributed by atoms with van der Waals surface area (Å²) in [6, 6.07) is 4.33. The third-order valence-electron chi connectivity index (χ3n) is 2.96. The molecule has 0 fully saturated rings. The molecule has 2 aromatic rings. The number of hydrogen-bond acceptors (Lipinski definition) is 5. The van der Waals surface area contributed by atoms with Crippen molar-refractivity contribution in [3.8, 4) is 0 Å². The normalized spacial score (nSPS) is 10.1. The molecular formula is C13H15N5O3. The Kier molecular flexibility index (Phi) is 4.50. The van der Waals surface area contributed by atoms with Crippen LogP contribution in [0.5, 0.6) is 0 Å². The van der Waals surface area contributed by atoms with E-state index >= 15 is 0 Å². The van der Waals surface area contributed by atoms with Crippen LogP contribution < -0.4 is 10.6 Å². The Morgan fingerprint density at radius 2 is 2.29 bits per heavy atom. The van der Waals surface area contributed by atoms with Crippen LogP contribution in [-0.4, -0.2) is 34.4 Å². The molecule has 1 heterocycles. The Balaban J connectivity index is 2.08. The molecule has 0 radical (unpaired) electrons. The second kappa shape index (κ2) is 6.51. The first-order valence-electron chi connectivity index (χ1n) is 6.33. The van der Waals surface area contributed by atoms with Crippen LogP contribution >= 0.6 is 0 Å². The molecule has 0 saturated carbocycles. The monoisotopic (exact) mass is 289 g/mol. The Labute approximate surface area is 120 Å². The van der Waals surface area contributed by atoms with Crippen molar-refractivity contribution in [1.82, 2.24) is 15.3 Å². The van der Waals surface area contributed by atoms with Gasteiger partial charge in [-0.05, 0) is 12.1 Å². The lowest BCUT2D eigenvalue weighted by Crippen LogP contribution is -2.26. The zero-order valence-corrected chi connectivity index (χ0v) is 11.4. The minimum Gasteiger partial charge on any atom is -0.388 e. The number of hydrogen-bond donors (Lipinski definition) is 3. The van der Waals surface area contributed by atoms with Gasteiger partial charge in [0.25, 0.3) is 11.6 Å². The number of aromatic amines is 1. The van der Waals surface area contributed by atoms with E-state index in [9.17, 15) is 14.9 Å². The van der Waals surface area contributed by atoms with Crippen molar-refractivity contribution in [2.24, 2.45) is 0 Å². The highest BCUT2D eigenvalue weighted by atomic mass is 16.6. The van der Waals surface area contributed by atoms with Crippen LogP contribution in [0.4, 0.5) is 11.4 Å². The quantitative estimate of drug-likeness (QED) is 0.548. The maximum Gasteiger partial charge on any atom is 0.282 e. The highest BCUT2D eigenvalue weighted by Crippen LogP contribution is 2.22. The largest absolute Gasteiger partial charge is 0.388 e. The van der Waals surface area contributed by atoms with E-state index in [0.717, 1.165) is 5.69 Å². The zero-order valence-electron chi connectivity index (χ0n) is 11.4. The van der Waals surface area contributed by atoms with Crippen molar-refractivity contribution in [3.63, 3.8) is 0 Å². The summed E-state index contributed by atoms with van der Waals surface area (Å²) in [4.78, 5) is 29.3. The Morgan fingerprint density at radius 1 is 1.48 bits per heavy atom. The summed E-state index contributed by atoms with van der Waals surface area (Å²) in [5.74, 6) is -0.474. The predicted octanol–water partition coefficient (Wildman–Crippen LogP) is 1.33. The molecule has 1 amide bonds. The Morgan fingerprint density at radius 3 is 2.90 bits per heavy atom. The van der Waals surface area contributed by atoms with Crippen LogP contribution in [0.1, 0.15) is 16.1 Å². The van der Waals surface area contributed by atoms with E-state index in [1.54, 1.807) is 25.6 Å². The van der Waals surface area contributed by atoms with Crippen LogP contribution in [0.15, 0.2) is 30.7 Å². The Hall–Kier alpha value is -2.90. The number of nitro benzene ring substituents is 1. The van der Waals surface area contributed by atoms with Gasteiger partial charge in [-0.1, -0.05) is 0 Å². The molecule has 0 saturated heterocycles. The molecule has 21 heavy (non-hydrogen) atoms. The fraction of sp³-hybridized carbons (Fsp3) is 0.231. The highest BCUT2D eigenvalue weighted by molar-refractivity contribution is 5.99. The van der Waals surface area contributed by atoms with Gasteiger partial charge < -0.3 is 15.6 Å². The molecule has 0 bridgehead atoms. The van der Waals surface area contributed by atoms with E-state index in [-0.39, 0.29) is 11.3 Å². The van der Waals surface area contributed by atoms with Gasteiger partial charge in [-0.2, -0.15) is 0 Å². The maximum atomic E-state index is 12.1. The fourth-order valence-electron chi connectivity index (χ4n) is 1.86. The van der Waals surface area contributed by atoms with Gasteiger partial charge in [0.1, 0.15) is 5.56 Å². The highest BCUT2D eigenvalue weighted by Gasteiger charge is 2.20. The molecule has 0 atom stereocenters. The summed E-state index contributed by atoms with van der Waals surface area (Å²) in [6.45, 7) is 0.363. The maximum absolute atomic E-state index is 12.1. The molecule has 2 rings (SSSR count). The standard InChI is InChI=1S/C13H15N5O3/c1-14-9-2-3-12(18(20)21)11(6-9)13(19)16-5-4-10-7-15-8-17-10/h2-3,6-8,14H,4-5H2,1H3,(H,15,17)(H,16,19). The number of amides is 1. The number of benzene rings is 1. The summed E-state index contributed by atoms with van der Waals surface area (Å²) in [5, 5.41) is 16.5. The average molecular weight is 289 g/mol. The fourth-order valence-corrected chi connectivity index (χ4v) is 1.86. The van der Waals surface area contributed by atoms with Crippen molar-refractivity contribution >= 4 is 17.3 Å². The molecule has 110 valence electrons. The molecule has 1 aromatic heterocycles. The number of nitrogens with zero attached hydrogens (tertiary/aromatic N) is 2. The van der Waals surface area contributed by atoms with Gasteiger partial charge in [0, 0.05) is 43.7 Å². The van der Waals surface area contributed by atoms with Crippen LogP contribution in [0.2, 0.25) is 0 Å². The number of nitro groups is 1. The summed E-state index contributed by atoms with van der Waals surface area (Å²) in [6.07, 6.45) is 3.79. The molecule has 0 aliphatic heterocycles. The van der Waals surface area contributed by atoms with E-state index in [4.69, 9.17) is 0 Å². The molecule has 0 unspecified atom stereocenters. The number of imidazole rings is 1. The second-order valence-electron chi connectivity index (χ2n) is 4.32. The van der Waals surface area contributed by atoms with E-state index < -0.39 is 10.8 Å². The first-order chi connectivity index (χ1) is 10.1. The van der Waals surface area contributed by atoms with E-state index in [1.807, 2.05) is 0 Å². The number of anilines is 1. The summed E-state index contributed by atoms with van der Waals surface area (Å²) >= 11 is 0. The SMILES string of the molecule is CNc1ccc([N+](=O)[O-])c(C(=O)NCCc2cnc[nH]2)c1. The smallest absolute Gasteiger partial charge is 0.282 e. The van der Waals surface area contributed by atoms with E-state index in [2.05, 4.69) is 20.6 Å². The van der Waals surface area contributed by atoms with Crippen molar-refractivity contribution in [2.45, 2.75) is 6.42 Å². The van der Waals surface area contributed by atoms with Gasteiger partial charge in [-0.3, -0.25) is 14.9 Å². The van der Waals surface area contributed by atoms with Crippen LogP contribution in [-0.2, 0) is 6.42 Å². The summed E-state index contributed by atoms with van der Waals surface area (Å²) < 4.78 is 0. The van der Waals surface area contributed by atoms with Crippen molar-refractivity contribution < 1.29 is 9.72 Å². The average Bonchev–Trinajstić information content (AvgIpc) is 2.99. The van der Waals surface area contributed by atoms with E-state index in [1.165, 1.54) is 12.1 Å². The van der Waals surface area contributed by atoms with Crippen molar-refractivity contribution in [2.75, 3.05) is 18.9 Å². The van der Waals surface area contributed by atoms with Crippen molar-refractivity contribution in [1.29, 1.82) is 0 Å². The molecule has 8 heteroatoms. The lowest BCUT2D eigenvalue weighted by atomic mass is 10.1. The van der Waals surface area contributed by atoms with Gasteiger partial charge in [-0.25, -0.2) is 4.98 Å². The second-order valence-corrected chi connectivity index (χ2v) is 4.32. The Bertz CT molecular complexity index is 639. The molecule has 8 nitrogen and oxygen atoms in total. The number of nitrogens with one attached hydrogen (secondary N) is 3. The number of H-pyrrole nitrogens is 1. The number of aromatic nitrogens is 2. The minimum absolute atomic E-state index is 0.0384. The topological polar surface area (TPSA) is 113 Å². The van der Waals surface area contributed by atoms with Gasteiger partial charge in [0.05, 0.1) is 11.3 Å². The lowest BCUT2D eigenvalue weighted by Gasteiger charge is -2.07. The first-order valence-corrected chi connectivity index (χ1v) is 6.33. The predicted molar refractivity (Wildman–Crippen MR) is 77.3 cm³/mol. The number of carbonyl (C=O) groups is 1. The van der Waals surface area contributed by atoms with Crippen LogP contribution in [0, 0.1) is 10.1 Å². The number of carbonyl (C=O) groups excluding carboxylic acids is 1. The third-order valence-corrected chi connectivity index (χ3v) is 2.96. The molecule has 0 aliphatic rings. The minimum atomic E-state index is -0.566. The van der Waals surface area contributed by atoms with Gasteiger partial charge in [0.2, 0.25) is 0 Å². The van der Waals surface area contributed by atoms with Gasteiger partial charge in [-0.15, -0.1) is 0 Å². The third kappa shape index (κ3) is 3.56. The van der Waals surface area contributed by atoms with Gasteiger partial charge >= 0.3 is 0 Å². The zero-order chi connectivity index (χ0) is 15.2. The summed E-state index contributed by atoms with van der Waals surface area (Å²) in [7, 11) is 1.68.